The molecule has 10 nitrogen and oxygen atoms in total. The van der Waals surface area contributed by atoms with Gasteiger partial charge in [0, 0.05) is 46.0 Å². The van der Waals surface area contributed by atoms with Gasteiger partial charge in [-0.3, -0.25) is 9.59 Å². The van der Waals surface area contributed by atoms with Crippen LogP contribution in [-0.2, 0) is 26.2 Å². The third-order valence-corrected chi connectivity index (χ3v) is 8.87. The van der Waals surface area contributed by atoms with E-state index in [1.165, 1.54) is 37.5 Å². The van der Waals surface area contributed by atoms with Gasteiger partial charge in [0.25, 0.3) is 15.9 Å². The highest BCUT2D eigenvalue weighted by Crippen LogP contribution is 2.30. The molecular weight excluding hydrogens is 594 g/mol. The Morgan fingerprint density at radius 3 is 2.44 bits per heavy atom. The number of nitrogens with one attached hydrogen (secondary N) is 2. The van der Waals surface area contributed by atoms with Gasteiger partial charge in [0.1, 0.15) is 5.75 Å². The molecule has 236 valence electrons. The summed E-state index contributed by atoms with van der Waals surface area (Å²) in [7, 11) is -2.62. The number of fused-ring (bicyclic) bond motifs is 1. The first-order chi connectivity index (χ1) is 21.6. The number of hydrogen-bond donors (Lipinski definition) is 3. The summed E-state index contributed by atoms with van der Waals surface area (Å²) < 4.78 is 34.9. The summed E-state index contributed by atoms with van der Waals surface area (Å²) in [6.07, 6.45) is 7.91. The molecule has 2 amide bonds. The summed E-state index contributed by atoms with van der Waals surface area (Å²) >= 11 is 0. The summed E-state index contributed by atoms with van der Waals surface area (Å²) in [4.78, 5) is 37.1. The number of carbonyl (C=O) groups is 3. The molecule has 1 heterocycles. The number of carboxylic acid groups (broad SMARTS) is 1. The first-order valence-electron chi connectivity index (χ1n) is 14.7. The molecular formula is C34H37N3O7S. The normalized spacial score (nSPS) is 12.2. The van der Waals surface area contributed by atoms with Crippen LogP contribution in [0.2, 0.25) is 0 Å². The molecule has 1 aromatic heterocycles. The number of ether oxygens (including phenoxy) is 1. The number of carboxylic acids is 1. The van der Waals surface area contributed by atoms with Crippen molar-refractivity contribution in [3.8, 4) is 5.75 Å². The van der Waals surface area contributed by atoms with Gasteiger partial charge in [-0.25, -0.2) is 17.9 Å². The summed E-state index contributed by atoms with van der Waals surface area (Å²) in [6, 6.07) is 17.7. The molecule has 3 aromatic carbocycles. The van der Waals surface area contributed by atoms with Crippen molar-refractivity contribution in [2.45, 2.75) is 51.0 Å². The van der Waals surface area contributed by atoms with E-state index in [4.69, 9.17) is 4.74 Å². The first kappa shape index (κ1) is 33.0. The summed E-state index contributed by atoms with van der Waals surface area (Å²) in [5, 5.41) is 13.0. The van der Waals surface area contributed by atoms with Crippen LogP contribution in [-0.4, -0.2) is 43.0 Å². The number of aromatic nitrogens is 1. The molecule has 4 rings (SSSR count). The van der Waals surface area contributed by atoms with E-state index in [1.807, 2.05) is 23.6 Å². The SMILES string of the molecule is CCCCC(CC)C(=O)Nc1ccc2c(C=CC(=O)O)cn(Cc3ccc(C(=O)NS(=O)(=O)c4ccccc4)cc3OC)c2c1. The van der Waals surface area contributed by atoms with E-state index in [9.17, 15) is 27.9 Å². The standard InChI is InChI=1S/C34H37N3O7S/c1-4-6-10-23(5-2)33(40)35-27-16-17-29-25(15-18-32(38)39)21-37(30(29)20-27)22-26-14-13-24(19-31(26)44-3)34(41)36-45(42,43)28-11-8-7-9-12-28/h7-9,11-21,23H,4-6,10,22H2,1-3H3,(H,35,40)(H,36,41)(H,38,39). The highest BCUT2D eigenvalue weighted by molar-refractivity contribution is 7.90. The van der Waals surface area contributed by atoms with Crippen LogP contribution < -0.4 is 14.8 Å². The zero-order valence-corrected chi connectivity index (χ0v) is 26.3. The van der Waals surface area contributed by atoms with E-state index in [2.05, 4.69) is 17.0 Å². The van der Waals surface area contributed by atoms with Crippen molar-refractivity contribution in [1.82, 2.24) is 9.29 Å². The largest absolute Gasteiger partial charge is 0.496 e. The molecule has 3 N–H and O–H groups in total. The van der Waals surface area contributed by atoms with Crippen molar-refractivity contribution >= 4 is 50.5 Å². The Hall–Kier alpha value is -4.90. The maximum Gasteiger partial charge on any atom is 0.328 e. The fourth-order valence-electron chi connectivity index (χ4n) is 5.08. The number of rotatable bonds is 14. The molecule has 45 heavy (non-hydrogen) atoms. The van der Waals surface area contributed by atoms with Gasteiger partial charge >= 0.3 is 5.97 Å². The number of benzene rings is 3. The number of unbranched alkanes of at least 4 members (excludes halogenated alkanes) is 1. The molecule has 0 saturated heterocycles. The maximum atomic E-state index is 13.0. The number of carbonyl (C=O) groups excluding carboxylic acids is 2. The zero-order valence-electron chi connectivity index (χ0n) is 25.4. The Balaban J connectivity index is 1.65. The van der Waals surface area contributed by atoms with Crippen LogP contribution >= 0.6 is 0 Å². The highest BCUT2D eigenvalue weighted by Gasteiger charge is 2.21. The van der Waals surface area contributed by atoms with Gasteiger partial charge in [0.2, 0.25) is 5.91 Å². The molecule has 0 aliphatic carbocycles. The fourth-order valence-corrected chi connectivity index (χ4v) is 6.07. The third-order valence-electron chi connectivity index (χ3n) is 7.53. The first-order valence-corrected chi connectivity index (χ1v) is 16.2. The highest BCUT2D eigenvalue weighted by atomic mass is 32.2. The molecule has 0 fully saturated rings. The summed E-state index contributed by atoms with van der Waals surface area (Å²) in [6.45, 7) is 4.37. The second-order valence-electron chi connectivity index (χ2n) is 10.6. The van der Waals surface area contributed by atoms with E-state index in [-0.39, 0.29) is 28.8 Å². The van der Waals surface area contributed by atoms with Crippen molar-refractivity contribution in [2.24, 2.45) is 5.92 Å². The second kappa shape index (κ2) is 14.7. The second-order valence-corrected chi connectivity index (χ2v) is 12.3. The maximum absolute atomic E-state index is 13.0. The van der Waals surface area contributed by atoms with Crippen LogP contribution in [0.25, 0.3) is 17.0 Å². The lowest BCUT2D eigenvalue weighted by atomic mass is 9.98. The third kappa shape index (κ3) is 8.18. The molecule has 0 aliphatic rings. The molecule has 0 bridgehead atoms. The van der Waals surface area contributed by atoms with Crippen molar-refractivity contribution in [3.05, 3.63) is 95.7 Å². The fraction of sp³-hybridized carbons (Fsp3) is 0.265. The lowest BCUT2D eigenvalue weighted by Crippen LogP contribution is -2.30. The number of amides is 2. The molecule has 11 heteroatoms. The lowest BCUT2D eigenvalue weighted by Gasteiger charge is -2.15. The van der Waals surface area contributed by atoms with Crippen molar-refractivity contribution < 1.29 is 32.6 Å². The smallest absolute Gasteiger partial charge is 0.328 e. The molecule has 0 radical (unpaired) electrons. The van der Waals surface area contributed by atoms with Gasteiger partial charge in [-0.15, -0.1) is 0 Å². The number of methoxy groups -OCH3 is 1. The molecule has 1 unspecified atom stereocenters. The van der Waals surface area contributed by atoms with Crippen LogP contribution in [0.15, 0.2) is 83.9 Å². The minimum Gasteiger partial charge on any atom is -0.496 e. The Morgan fingerprint density at radius 2 is 1.78 bits per heavy atom. The number of anilines is 1. The van der Waals surface area contributed by atoms with Crippen molar-refractivity contribution in [1.29, 1.82) is 0 Å². The van der Waals surface area contributed by atoms with Crippen LogP contribution in [0, 0.1) is 5.92 Å². The average Bonchev–Trinajstić information content (AvgIpc) is 3.37. The molecule has 0 aliphatic heterocycles. The van der Waals surface area contributed by atoms with Gasteiger partial charge < -0.3 is 19.7 Å². The van der Waals surface area contributed by atoms with Crippen LogP contribution in [0.3, 0.4) is 0 Å². The minimum absolute atomic E-state index is 0.0316. The van der Waals surface area contributed by atoms with Gasteiger partial charge in [-0.2, -0.15) is 0 Å². The van der Waals surface area contributed by atoms with E-state index in [0.29, 0.717) is 22.6 Å². The monoisotopic (exact) mass is 631 g/mol. The predicted octanol–water partition coefficient (Wildman–Crippen LogP) is 6.07. The van der Waals surface area contributed by atoms with Gasteiger partial charge in [-0.05, 0) is 55.3 Å². The Bertz CT molecular complexity index is 1830. The van der Waals surface area contributed by atoms with Crippen molar-refractivity contribution in [3.63, 3.8) is 0 Å². The van der Waals surface area contributed by atoms with Gasteiger partial charge in [0.05, 0.1) is 24.1 Å². The lowest BCUT2D eigenvalue weighted by molar-refractivity contribution is -0.131. The summed E-state index contributed by atoms with van der Waals surface area (Å²) in [5.41, 5.74) is 2.81. The number of sulfonamides is 1. The quantitative estimate of drug-likeness (QED) is 0.143. The molecule has 0 spiro atoms. The average molecular weight is 632 g/mol. The number of nitrogens with zero attached hydrogens (tertiary/aromatic N) is 1. The summed E-state index contributed by atoms with van der Waals surface area (Å²) in [5.74, 6) is -1.66. The number of aliphatic carboxylic acids is 1. The van der Waals surface area contributed by atoms with Crippen LogP contribution in [0.1, 0.15) is 61.0 Å². The Morgan fingerprint density at radius 1 is 1.02 bits per heavy atom. The molecule has 0 saturated carbocycles. The van der Waals surface area contributed by atoms with Crippen LogP contribution in [0.4, 0.5) is 5.69 Å². The topological polar surface area (TPSA) is 144 Å². The predicted molar refractivity (Wildman–Crippen MR) is 174 cm³/mol. The van der Waals surface area contributed by atoms with E-state index >= 15 is 0 Å². The zero-order chi connectivity index (χ0) is 32.6. The Kier molecular flexibility index (Phi) is 10.8. The van der Waals surface area contributed by atoms with Crippen molar-refractivity contribution in [2.75, 3.05) is 12.4 Å². The van der Waals surface area contributed by atoms with E-state index in [1.54, 1.807) is 36.5 Å². The molecule has 1 atom stereocenters. The minimum atomic E-state index is -4.07. The number of hydrogen-bond acceptors (Lipinski definition) is 6. The Labute approximate surface area is 262 Å². The van der Waals surface area contributed by atoms with Crippen LogP contribution in [0.5, 0.6) is 5.75 Å². The van der Waals surface area contributed by atoms with Gasteiger partial charge in [-0.1, -0.05) is 57.0 Å². The van der Waals surface area contributed by atoms with E-state index < -0.39 is 21.9 Å². The van der Waals surface area contributed by atoms with E-state index in [0.717, 1.165) is 42.7 Å². The van der Waals surface area contributed by atoms with Gasteiger partial charge in [0.15, 0.2) is 0 Å². The molecule has 4 aromatic rings.